The number of halogens is 2. The summed E-state index contributed by atoms with van der Waals surface area (Å²) in [6.45, 7) is 0.394. The molecule has 0 unspecified atom stereocenters. The van der Waals surface area contributed by atoms with Gasteiger partial charge in [0.1, 0.15) is 11.6 Å². The summed E-state index contributed by atoms with van der Waals surface area (Å²) in [5.41, 5.74) is 0. The van der Waals surface area contributed by atoms with E-state index in [4.69, 9.17) is 5.26 Å². The summed E-state index contributed by atoms with van der Waals surface area (Å²) in [6.07, 6.45) is 0.547. The van der Waals surface area contributed by atoms with Gasteiger partial charge < -0.3 is 4.90 Å². The molecule has 0 aliphatic heterocycles. The predicted molar refractivity (Wildman–Crippen MR) is 69.6 cm³/mol. The second kappa shape index (κ2) is 7.74. The zero-order valence-electron chi connectivity index (χ0n) is 10.5. The molecule has 0 saturated carbocycles. The molecule has 0 heterocycles. The maximum Gasteiger partial charge on any atom is 0.223 e. The van der Waals surface area contributed by atoms with E-state index in [1.807, 2.05) is 6.07 Å². The molecule has 0 N–H and O–H groups in total. The minimum atomic E-state index is -0.617. The van der Waals surface area contributed by atoms with Crippen LogP contribution in [0.5, 0.6) is 0 Å². The summed E-state index contributed by atoms with van der Waals surface area (Å²) in [4.78, 5) is 13.4. The summed E-state index contributed by atoms with van der Waals surface area (Å²) in [7, 11) is 1.63. The van der Waals surface area contributed by atoms with E-state index in [-0.39, 0.29) is 12.3 Å². The molecule has 1 amide bonds. The monoisotopic (exact) mass is 284 g/mol. The van der Waals surface area contributed by atoms with Crippen LogP contribution in [0.15, 0.2) is 23.1 Å². The van der Waals surface area contributed by atoms with Crippen LogP contribution in [0.3, 0.4) is 0 Å². The fraction of sp³-hybridized carbons (Fsp3) is 0.385. The first-order chi connectivity index (χ1) is 9.04. The van der Waals surface area contributed by atoms with E-state index < -0.39 is 11.6 Å². The minimum Gasteiger partial charge on any atom is -0.345 e. The smallest absolute Gasteiger partial charge is 0.223 e. The van der Waals surface area contributed by atoms with Crippen molar-refractivity contribution in [2.45, 2.75) is 17.7 Å². The Balaban J connectivity index is 2.38. The van der Waals surface area contributed by atoms with Crippen LogP contribution in [-0.4, -0.2) is 30.2 Å². The van der Waals surface area contributed by atoms with E-state index >= 15 is 0 Å². The number of carbonyl (C=O) groups is 1. The van der Waals surface area contributed by atoms with Crippen molar-refractivity contribution in [1.82, 2.24) is 4.90 Å². The van der Waals surface area contributed by atoms with Crippen LogP contribution in [0.2, 0.25) is 0 Å². The van der Waals surface area contributed by atoms with Gasteiger partial charge in [-0.1, -0.05) is 0 Å². The number of rotatable bonds is 6. The van der Waals surface area contributed by atoms with Crippen molar-refractivity contribution in [3.8, 4) is 6.07 Å². The van der Waals surface area contributed by atoms with Crippen LogP contribution in [0, 0.1) is 23.0 Å². The fourth-order valence-electron chi connectivity index (χ4n) is 1.37. The third kappa shape index (κ3) is 5.26. The zero-order chi connectivity index (χ0) is 14.3. The van der Waals surface area contributed by atoms with Gasteiger partial charge >= 0.3 is 0 Å². The Kier molecular flexibility index (Phi) is 6.30. The molecule has 0 aromatic heterocycles. The first-order valence-corrected chi connectivity index (χ1v) is 6.72. The number of hydrogen-bond acceptors (Lipinski definition) is 3. The first kappa shape index (κ1) is 15.4. The molecule has 0 radical (unpaired) electrons. The SMILES string of the molecule is CN(CCC#N)C(=O)CCSc1ccc(F)cc1F. The molecule has 6 heteroatoms. The van der Waals surface area contributed by atoms with Crippen LogP contribution in [0.1, 0.15) is 12.8 Å². The Morgan fingerprint density at radius 1 is 1.47 bits per heavy atom. The van der Waals surface area contributed by atoms with E-state index in [2.05, 4.69) is 0 Å². The van der Waals surface area contributed by atoms with Gasteiger partial charge in [-0.2, -0.15) is 5.26 Å². The highest BCUT2D eigenvalue weighted by Gasteiger charge is 2.09. The molecule has 1 rings (SSSR count). The van der Waals surface area contributed by atoms with Crippen LogP contribution >= 0.6 is 11.8 Å². The quantitative estimate of drug-likeness (QED) is 0.754. The van der Waals surface area contributed by atoms with Crippen molar-refractivity contribution in [2.24, 2.45) is 0 Å². The fourth-order valence-corrected chi connectivity index (χ4v) is 2.23. The Morgan fingerprint density at radius 2 is 2.21 bits per heavy atom. The summed E-state index contributed by atoms with van der Waals surface area (Å²) < 4.78 is 26.0. The number of carbonyl (C=O) groups excluding carboxylic acids is 1. The number of amides is 1. The first-order valence-electron chi connectivity index (χ1n) is 5.73. The molecule has 0 aliphatic carbocycles. The van der Waals surface area contributed by atoms with Crippen molar-refractivity contribution in [2.75, 3.05) is 19.3 Å². The molecule has 1 aromatic rings. The lowest BCUT2D eigenvalue weighted by atomic mass is 10.3. The van der Waals surface area contributed by atoms with Gasteiger partial charge in [-0.25, -0.2) is 8.78 Å². The van der Waals surface area contributed by atoms with Gasteiger partial charge in [-0.3, -0.25) is 4.79 Å². The molecule has 0 atom stereocenters. The maximum absolute atomic E-state index is 13.3. The highest BCUT2D eigenvalue weighted by atomic mass is 32.2. The average Bonchev–Trinajstić information content (AvgIpc) is 2.38. The number of nitriles is 1. The summed E-state index contributed by atoms with van der Waals surface area (Å²) in [5.74, 6) is -0.909. The molecular formula is C13H14F2N2OS. The van der Waals surface area contributed by atoms with E-state index in [1.165, 1.54) is 28.8 Å². The number of hydrogen-bond donors (Lipinski definition) is 0. The number of thioether (sulfide) groups is 1. The largest absolute Gasteiger partial charge is 0.345 e. The standard InChI is InChI=1S/C13H14F2N2OS/c1-17(7-2-6-16)13(18)5-8-19-12-4-3-10(14)9-11(12)15/h3-4,9H,2,5,7-8H2,1H3. The molecule has 1 aromatic carbocycles. The molecule has 19 heavy (non-hydrogen) atoms. The van der Waals surface area contributed by atoms with Gasteiger partial charge in [0.15, 0.2) is 0 Å². The van der Waals surface area contributed by atoms with Gasteiger partial charge in [-0.15, -0.1) is 11.8 Å². The molecule has 0 saturated heterocycles. The summed E-state index contributed by atoms with van der Waals surface area (Å²) in [5, 5.41) is 8.41. The highest BCUT2D eigenvalue weighted by Crippen LogP contribution is 2.23. The lowest BCUT2D eigenvalue weighted by Gasteiger charge is -2.15. The van der Waals surface area contributed by atoms with Crippen molar-refractivity contribution in [3.63, 3.8) is 0 Å². The summed E-state index contributed by atoms with van der Waals surface area (Å²) >= 11 is 1.17. The van der Waals surface area contributed by atoms with Crippen LogP contribution in [0.4, 0.5) is 8.78 Å². The molecular weight excluding hydrogens is 270 g/mol. The molecule has 0 fully saturated rings. The normalized spacial score (nSPS) is 10.0. The molecule has 3 nitrogen and oxygen atoms in total. The second-order valence-electron chi connectivity index (χ2n) is 3.90. The van der Waals surface area contributed by atoms with Crippen LogP contribution in [-0.2, 0) is 4.79 Å². The lowest BCUT2D eigenvalue weighted by molar-refractivity contribution is -0.129. The van der Waals surface area contributed by atoms with Gasteiger partial charge in [0, 0.05) is 36.7 Å². The van der Waals surface area contributed by atoms with Gasteiger partial charge in [0.2, 0.25) is 5.91 Å². The third-order valence-electron chi connectivity index (χ3n) is 2.45. The minimum absolute atomic E-state index is 0.0923. The van der Waals surface area contributed by atoms with E-state index in [9.17, 15) is 13.6 Å². The Bertz CT molecular complexity index is 488. The van der Waals surface area contributed by atoms with Gasteiger partial charge in [0.25, 0.3) is 0 Å². The maximum atomic E-state index is 13.3. The topological polar surface area (TPSA) is 44.1 Å². The number of nitrogens with zero attached hydrogens (tertiary/aromatic N) is 2. The average molecular weight is 284 g/mol. The van der Waals surface area contributed by atoms with E-state index in [0.717, 1.165) is 6.07 Å². The van der Waals surface area contributed by atoms with E-state index in [0.29, 0.717) is 23.6 Å². The zero-order valence-corrected chi connectivity index (χ0v) is 11.3. The van der Waals surface area contributed by atoms with Gasteiger partial charge in [-0.05, 0) is 12.1 Å². The third-order valence-corrected chi connectivity index (χ3v) is 3.50. The molecule has 0 bridgehead atoms. The number of benzene rings is 1. The van der Waals surface area contributed by atoms with Crippen molar-refractivity contribution in [1.29, 1.82) is 5.26 Å². The van der Waals surface area contributed by atoms with Crippen LogP contribution in [0.25, 0.3) is 0 Å². The molecule has 0 spiro atoms. The Hall–Kier alpha value is -1.61. The van der Waals surface area contributed by atoms with Gasteiger partial charge in [0.05, 0.1) is 12.5 Å². The lowest BCUT2D eigenvalue weighted by Crippen LogP contribution is -2.27. The van der Waals surface area contributed by atoms with Crippen molar-refractivity contribution >= 4 is 17.7 Å². The Morgan fingerprint density at radius 3 is 2.84 bits per heavy atom. The van der Waals surface area contributed by atoms with Crippen molar-refractivity contribution < 1.29 is 13.6 Å². The molecule has 0 aliphatic rings. The summed E-state index contributed by atoms with van der Waals surface area (Å²) in [6, 6.07) is 5.33. The van der Waals surface area contributed by atoms with Crippen molar-refractivity contribution in [3.05, 3.63) is 29.8 Å². The predicted octanol–water partition coefficient (Wildman–Crippen LogP) is 2.82. The second-order valence-corrected chi connectivity index (χ2v) is 5.03. The highest BCUT2D eigenvalue weighted by molar-refractivity contribution is 7.99. The molecule has 102 valence electrons. The Labute approximate surface area is 115 Å². The van der Waals surface area contributed by atoms with E-state index in [1.54, 1.807) is 7.05 Å². The van der Waals surface area contributed by atoms with Crippen LogP contribution < -0.4 is 0 Å².